The number of amides is 1. The second kappa shape index (κ2) is 8.64. The van der Waals surface area contributed by atoms with Crippen molar-refractivity contribution in [2.75, 3.05) is 0 Å². The van der Waals surface area contributed by atoms with Gasteiger partial charge in [0.15, 0.2) is 0 Å². The SMILES string of the molecule is NC(=O)OC(CCCc1ccc(Br)cc1)[C@H](O)c1cccnc1. The second-order valence-electron chi connectivity index (χ2n) is 5.23. The van der Waals surface area contributed by atoms with E-state index in [2.05, 4.69) is 20.9 Å². The van der Waals surface area contributed by atoms with Gasteiger partial charge in [0.25, 0.3) is 0 Å². The lowest BCUT2D eigenvalue weighted by Crippen LogP contribution is -2.28. The first-order valence-electron chi connectivity index (χ1n) is 7.35. The van der Waals surface area contributed by atoms with Crippen molar-refractivity contribution in [3.05, 3.63) is 64.4 Å². The number of primary amides is 1. The molecule has 0 aliphatic carbocycles. The molecule has 1 aromatic carbocycles. The fraction of sp³-hybridized carbons (Fsp3) is 0.294. The number of aromatic nitrogens is 1. The molecule has 0 aliphatic heterocycles. The average Bonchev–Trinajstić information content (AvgIpc) is 2.55. The minimum Gasteiger partial charge on any atom is -0.443 e. The highest BCUT2D eigenvalue weighted by Gasteiger charge is 2.24. The fourth-order valence-corrected chi connectivity index (χ4v) is 2.62. The van der Waals surface area contributed by atoms with Crippen LogP contribution >= 0.6 is 15.9 Å². The van der Waals surface area contributed by atoms with Crippen LogP contribution in [0, 0.1) is 0 Å². The highest BCUT2D eigenvalue weighted by Crippen LogP contribution is 2.23. The maximum Gasteiger partial charge on any atom is 0.404 e. The van der Waals surface area contributed by atoms with Crippen molar-refractivity contribution in [2.45, 2.75) is 31.5 Å². The summed E-state index contributed by atoms with van der Waals surface area (Å²) in [5, 5.41) is 10.4. The van der Waals surface area contributed by atoms with Crippen LogP contribution < -0.4 is 5.73 Å². The fourth-order valence-electron chi connectivity index (χ4n) is 2.35. The number of halogens is 1. The molecule has 2 aromatic rings. The van der Waals surface area contributed by atoms with E-state index in [0.29, 0.717) is 12.0 Å². The van der Waals surface area contributed by atoms with Gasteiger partial charge in [-0.25, -0.2) is 4.79 Å². The third-order valence-electron chi connectivity index (χ3n) is 3.51. The first-order chi connectivity index (χ1) is 11.1. The largest absolute Gasteiger partial charge is 0.443 e. The number of rotatable bonds is 7. The van der Waals surface area contributed by atoms with E-state index >= 15 is 0 Å². The average molecular weight is 379 g/mol. The molecule has 2 atom stereocenters. The van der Waals surface area contributed by atoms with Gasteiger partial charge in [-0.2, -0.15) is 0 Å². The van der Waals surface area contributed by atoms with E-state index in [4.69, 9.17) is 10.5 Å². The summed E-state index contributed by atoms with van der Waals surface area (Å²) in [5.74, 6) is 0. The van der Waals surface area contributed by atoms with Crippen LogP contribution in [-0.2, 0) is 11.2 Å². The maximum atomic E-state index is 11.1. The van der Waals surface area contributed by atoms with E-state index in [-0.39, 0.29) is 0 Å². The first kappa shape index (κ1) is 17.4. The molecule has 6 heteroatoms. The van der Waals surface area contributed by atoms with Gasteiger partial charge in [0.1, 0.15) is 12.2 Å². The Hall–Kier alpha value is -1.92. The number of ether oxygens (including phenoxy) is 1. The molecule has 0 radical (unpaired) electrons. The number of hydrogen-bond acceptors (Lipinski definition) is 4. The first-order valence-corrected chi connectivity index (χ1v) is 8.14. The quantitative estimate of drug-likeness (QED) is 0.773. The zero-order valence-electron chi connectivity index (χ0n) is 12.6. The van der Waals surface area contributed by atoms with Gasteiger partial charge in [-0.3, -0.25) is 4.98 Å². The summed E-state index contributed by atoms with van der Waals surface area (Å²) in [6.07, 6.45) is 2.75. The van der Waals surface area contributed by atoms with E-state index in [1.54, 1.807) is 24.5 Å². The Balaban J connectivity index is 1.95. The molecule has 23 heavy (non-hydrogen) atoms. The molecule has 0 fully saturated rings. The number of nitrogens with two attached hydrogens (primary N) is 1. The van der Waals surface area contributed by atoms with Gasteiger partial charge in [-0.15, -0.1) is 0 Å². The Kier molecular flexibility index (Phi) is 6.55. The monoisotopic (exact) mass is 378 g/mol. The molecule has 0 spiro atoms. The van der Waals surface area contributed by atoms with E-state index in [0.717, 1.165) is 17.3 Å². The Morgan fingerprint density at radius 3 is 2.65 bits per heavy atom. The summed E-state index contributed by atoms with van der Waals surface area (Å²) in [5.41, 5.74) is 6.90. The molecule has 3 N–H and O–H groups in total. The molecule has 0 aliphatic rings. The predicted molar refractivity (Wildman–Crippen MR) is 90.7 cm³/mol. The van der Waals surface area contributed by atoms with Gasteiger partial charge in [-0.1, -0.05) is 34.1 Å². The molecule has 0 saturated carbocycles. The summed E-state index contributed by atoms with van der Waals surface area (Å²) in [6.45, 7) is 0. The number of benzene rings is 1. The zero-order chi connectivity index (χ0) is 16.7. The molecule has 2 rings (SSSR count). The van der Waals surface area contributed by atoms with Crippen molar-refractivity contribution < 1.29 is 14.6 Å². The Morgan fingerprint density at radius 2 is 2.04 bits per heavy atom. The van der Waals surface area contributed by atoms with Crippen molar-refractivity contribution in [1.82, 2.24) is 4.98 Å². The summed E-state index contributed by atoms with van der Waals surface area (Å²) in [6, 6.07) is 11.5. The number of nitrogens with zero attached hydrogens (tertiary/aromatic N) is 1. The molecule has 5 nitrogen and oxygen atoms in total. The zero-order valence-corrected chi connectivity index (χ0v) is 14.1. The summed E-state index contributed by atoms with van der Waals surface area (Å²) in [7, 11) is 0. The van der Waals surface area contributed by atoms with Crippen LogP contribution in [0.1, 0.15) is 30.1 Å². The summed E-state index contributed by atoms with van der Waals surface area (Å²) >= 11 is 3.40. The number of aryl methyl sites for hydroxylation is 1. The lowest BCUT2D eigenvalue weighted by molar-refractivity contribution is -0.000317. The van der Waals surface area contributed by atoms with Gasteiger partial charge in [-0.05, 0) is 43.0 Å². The Morgan fingerprint density at radius 1 is 1.30 bits per heavy atom. The number of aliphatic hydroxyl groups excluding tert-OH is 1. The van der Waals surface area contributed by atoms with Crippen molar-refractivity contribution in [3.63, 3.8) is 0 Å². The van der Waals surface area contributed by atoms with Crippen LogP contribution in [0.2, 0.25) is 0 Å². The van der Waals surface area contributed by atoms with Crippen LogP contribution in [0.25, 0.3) is 0 Å². The molecule has 1 unspecified atom stereocenters. The van der Waals surface area contributed by atoms with Gasteiger partial charge in [0, 0.05) is 22.4 Å². The molecular weight excluding hydrogens is 360 g/mol. The van der Waals surface area contributed by atoms with Gasteiger partial charge < -0.3 is 15.6 Å². The van der Waals surface area contributed by atoms with Gasteiger partial charge >= 0.3 is 6.09 Å². The minimum atomic E-state index is -0.943. The summed E-state index contributed by atoms with van der Waals surface area (Å²) < 4.78 is 6.11. The van der Waals surface area contributed by atoms with Crippen LogP contribution in [-0.4, -0.2) is 22.3 Å². The number of carbonyl (C=O) groups is 1. The molecule has 1 aromatic heterocycles. The van der Waals surface area contributed by atoms with E-state index in [1.165, 1.54) is 5.56 Å². The highest BCUT2D eigenvalue weighted by atomic mass is 79.9. The molecule has 122 valence electrons. The third-order valence-corrected chi connectivity index (χ3v) is 4.04. The van der Waals surface area contributed by atoms with Gasteiger partial charge in [0.05, 0.1) is 0 Å². The van der Waals surface area contributed by atoms with E-state index < -0.39 is 18.3 Å². The molecule has 1 heterocycles. The van der Waals surface area contributed by atoms with Crippen molar-refractivity contribution in [1.29, 1.82) is 0 Å². The van der Waals surface area contributed by atoms with Gasteiger partial charge in [0.2, 0.25) is 0 Å². The normalized spacial score (nSPS) is 13.3. The smallest absolute Gasteiger partial charge is 0.404 e. The lowest BCUT2D eigenvalue weighted by atomic mass is 9.99. The number of hydrogen-bond donors (Lipinski definition) is 2. The maximum absolute atomic E-state index is 11.1. The Bertz CT molecular complexity index is 619. The predicted octanol–water partition coefficient (Wildman–Crippen LogP) is 3.36. The molecule has 0 saturated heterocycles. The van der Waals surface area contributed by atoms with Crippen LogP contribution in [0.4, 0.5) is 4.79 Å². The van der Waals surface area contributed by atoms with Crippen molar-refractivity contribution in [2.24, 2.45) is 5.73 Å². The van der Waals surface area contributed by atoms with Crippen LogP contribution in [0.5, 0.6) is 0 Å². The molecular formula is C17H19BrN2O3. The third kappa shape index (κ3) is 5.65. The number of pyridine rings is 1. The van der Waals surface area contributed by atoms with E-state index in [9.17, 15) is 9.90 Å². The lowest BCUT2D eigenvalue weighted by Gasteiger charge is -2.22. The van der Waals surface area contributed by atoms with Crippen LogP contribution in [0.15, 0.2) is 53.3 Å². The highest BCUT2D eigenvalue weighted by molar-refractivity contribution is 9.10. The molecule has 0 bridgehead atoms. The van der Waals surface area contributed by atoms with Crippen LogP contribution in [0.3, 0.4) is 0 Å². The van der Waals surface area contributed by atoms with E-state index in [1.807, 2.05) is 24.3 Å². The topological polar surface area (TPSA) is 85.4 Å². The second-order valence-corrected chi connectivity index (χ2v) is 6.14. The number of aliphatic hydroxyl groups is 1. The minimum absolute atomic E-state index is 0.509. The standard InChI is InChI=1S/C17H19BrN2O3/c18-14-8-6-12(7-9-14)3-1-5-15(23-17(19)22)16(21)13-4-2-10-20-11-13/h2,4,6-11,15-16,21H,1,3,5H2,(H2,19,22)/t15?,16-/m1/s1. The molecule has 1 amide bonds. The Labute approximate surface area is 143 Å². The summed E-state index contributed by atoms with van der Waals surface area (Å²) in [4.78, 5) is 15.1. The van der Waals surface area contributed by atoms with Crippen molar-refractivity contribution >= 4 is 22.0 Å². The van der Waals surface area contributed by atoms with Crippen molar-refractivity contribution in [3.8, 4) is 0 Å². The number of carbonyl (C=O) groups excluding carboxylic acids is 1.